The Labute approximate surface area is 152 Å². The highest BCUT2D eigenvalue weighted by molar-refractivity contribution is 6.05. The van der Waals surface area contributed by atoms with E-state index in [4.69, 9.17) is 0 Å². The fraction of sp³-hybridized carbons (Fsp3) is 0.250. The van der Waals surface area contributed by atoms with Gasteiger partial charge in [-0.15, -0.1) is 0 Å². The number of rotatable bonds is 4. The Balaban J connectivity index is 1.62. The van der Waals surface area contributed by atoms with Crippen molar-refractivity contribution in [3.63, 3.8) is 0 Å². The number of carbonyl (C=O) groups excluding carboxylic acids is 3. The standard InChI is InChI=1S/C20H21N3O3/c1-14(24)21-17-8-10-18(11-9-17)22-19(25)15-4-6-16(7-5-15)20(26)23-12-2-3-13-23/h4-11H,2-3,12-13H2,1H3,(H,21,24)(H,22,25). The molecule has 2 N–H and O–H groups in total. The molecule has 1 heterocycles. The zero-order valence-corrected chi connectivity index (χ0v) is 14.6. The van der Waals surface area contributed by atoms with Gasteiger partial charge < -0.3 is 15.5 Å². The van der Waals surface area contributed by atoms with Crippen LogP contribution in [0.3, 0.4) is 0 Å². The molecular weight excluding hydrogens is 330 g/mol. The van der Waals surface area contributed by atoms with Gasteiger partial charge in [-0.3, -0.25) is 14.4 Å². The maximum atomic E-state index is 12.3. The summed E-state index contributed by atoms with van der Waals surface area (Å²) in [6, 6.07) is 13.6. The highest BCUT2D eigenvalue weighted by Gasteiger charge is 2.19. The number of carbonyl (C=O) groups is 3. The molecule has 3 rings (SSSR count). The predicted molar refractivity (Wildman–Crippen MR) is 100 cm³/mol. The third-order valence-corrected chi connectivity index (χ3v) is 4.25. The molecule has 0 aromatic heterocycles. The maximum absolute atomic E-state index is 12.3. The molecule has 0 unspecified atom stereocenters. The van der Waals surface area contributed by atoms with Gasteiger partial charge in [0, 0.05) is 42.5 Å². The van der Waals surface area contributed by atoms with Gasteiger partial charge in [-0.2, -0.15) is 0 Å². The molecule has 0 aliphatic carbocycles. The highest BCUT2D eigenvalue weighted by Crippen LogP contribution is 2.16. The van der Waals surface area contributed by atoms with E-state index < -0.39 is 0 Å². The Morgan fingerprint density at radius 2 is 1.27 bits per heavy atom. The van der Waals surface area contributed by atoms with Crippen LogP contribution in [-0.2, 0) is 4.79 Å². The molecule has 1 saturated heterocycles. The van der Waals surface area contributed by atoms with Crippen molar-refractivity contribution in [3.05, 3.63) is 59.7 Å². The molecule has 0 saturated carbocycles. The van der Waals surface area contributed by atoms with Crippen LogP contribution in [-0.4, -0.2) is 35.7 Å². The van der Waals surface area contributed by atoms with Crippen LogP contribution in [0.25, 0.3) is 0 Å². The first-order chi connectivity index (χ1) is 12.5. The van der Waals surface area contributed by atoms with Gasteiger partial charge in [0.2, 0.25) is 5.91 Å². The summed E-state index contributed by atoms with van der Waals surface area (Å²) in [6.45, 7) is 3.04. The van der Waals surface area contributed by atoms with Gasteiger partial charge in [0.15, 0.2) is 0 Å². The van der Waals surface area contributed by atoms with Crippen molar-refractivity contribution in [1.29, 1.82) is 0 Å². The fourth-order valence-corrected chi connectivity index (χ4v) is 2.91. The second-order valence-corrected chi connectivity index (χ2v) is 6.29. The minimum absolute atomic E-state index is 0.0167. The van der Waals surface area contributed by atoms with Crippen LogP contribution in [0, 0.1) is 0 Å². The largest absolute Gasteiger partial charge is 0.339 e. The number of hydrogen-bond donors (Lipinski definition) is 2. The van der Waals surface area contributed by atoms with E-state index >= 15 is 0 Å². The van der Waals surface area contributed by atoms with E-state index in [2.05, 4.69) is 10.6 Å². The van der Waals surface area contributed by atoms with Crippen LogP contribution in [0.2, 0.25) is 0 Å². The van der Waals surface area contributed by atoms with E-state index in [0.29, 0.717) is 22.5 Å². The van der Waals surface area contributed by atoms with Crippen molar-refractivity contribution in [2.75, 3.05) is 23.7 Å². The summed E-state index contributed by atoms with van der Waals surface area (Å²) in [7, 11) is 0. The molecule has 134 valence electrons. The van der Waals surface area contributed by atoms with Crippen LogP contribution in [0.5, 0.6) is 0 Å². The number of benzene rings is 2. The summed E-state index contributed by atoms with van der Waals surface area (Å²) < 4.78 is 0. The van der Waals surface area contributed by atoms with Crippen LogP contribution in [0.1, 0.15) is 40.5 Å². The van der Waals surface area contributed by atoms with E-state index in [-0.39, 0.29) is 17.7 Å². The van der Waals surface area contributed by atoms with Gasteiger partial charge in [-0.1, -0.05) is 0 Å². The lowest BCUT2D eigenvalue weighted by atomic mass is 10.1. The molecule has 3 amide bonds. The molecule has 0 bridgehead atoms. The van der Waals surface area contributed by atoms with Crippen molar-refractivity contribution in [2.45, 2.75) is 19.8 Å². The van der Waals surface area contributed by atoms with Crippen molar-refractivity contribution in [1.82, 2.24) is 4.90 Å². The van der Waals surface area contributed by atoms with E-state index in [0.717, 1.165) is 25.9 Å². The molecule has 2 aromatic rings. The van der Waals surface area contributed by atoms with E-state index in [9.17, 15) is 14.4 Å². The number of likely N-dealkylation sites (tertiary alicyclic amines) is 1. The Morgan fingerprint density at radius 1 is 0.769 bits per heavy atom. The van der Waals surface area contributed by atoms with Gasteiger partial charge >= 0.3 is 0 Å². The third-order valence-electron chi connectivity index (χ3n) is 4.25. The SMILES string of the molecule is CC(=O)Nc1ccc(NC(=O)c2ccc(C(=O)N3CCCC3)cc2)cc1. The quantitative estimate of drug-likeness (QED) is 0.888. The lowest BCUT2D eigenvalue weighted by Crippen LogP contribution is -2.27. The predicted octanol–water partition coefficient (Wildman–Crippen LogP) is 3.13. The van der Waals surface area contributed by atoms with Gasteiger partial charge in [0.1, 0.15) is 0 Å². The van der Waals surface area contributed by atoms with Crippen molar-refractivity contribution in [3.8, 4) is 0 Å². The Bertz CT molecular complexity index is 807. The van der Waals surface area contributed by atoms with Gasteiger partial charge in [-0.25, -0.2) is 0 Å². The topological polar surface area (TPSA) is 78.5 Å². The second-order valence-electron chi connectivity index (χ2n) is 6.29. The number of amides is 3. The highest BCUT2D eigenvalue weighted by atomic mass is 16.2. The van der Waals surface area contributed by atoms with Gasteiger partial charge in [-0.05, 0) is 61.4 Å². The molecule has 26 heavy (non-hydrogen) atoms. The maximum Gasteiger partial charge on any atom is 0.255 e. The molecule has 0 radical (unpaired) electrons. The summed E-state index contributed by atoms with van der Waals surface area (Å²) in [4.78, 5) is 37.5. The fourth-order valence-electron chi connectivity index (χ4n) is 2.91. The molecule has 1 aliphatic heterocycles. The first kappa shape index (κ1) is 17.7. The molecule has 2 aromatic carbocycles. The van der Waals surface area contributed by atoms with E-state index in [1.54, 1.807) is 48.5 Å². The number of nitrogens with zero attached hydrogens (tertiary/aromatic N) is 1. The second kappa shape index (κ2) is 7.82. The van der Waals surface area contributed by atoms with E-state index in [1.165, 1.54) is 6.92 Å². The van der Waals surface area contributed by atoms with Crippen LogP contribution in [0.4, 0.5) is 11.4 Å². The molecule has 0 spiro atoms. The van der Waals surface area contributed by atoms with Crippen LogP contribution < -0.4 is 10.6 Å². The van der Waals surface area contributed by atoms with Crippen LogP contribution >= 0.6 is 0 Å². The summed E-state index contributed by atoms with van der Waals surface area (Å²) in [5, 5.41) is 5.46. The Kier molecular flexibility index (Phi) is 5.31. The van der Waals surface area contributed by atoms with Gasteiger partial charge in [0.05, 0.1) is 0 Å². The summed E-state index contributed by atoms with van der Waals surface area (Å²) in [5.41, 5.74) is 2.37. The van der Waals surface area contributed by atoms with Gasteiger partial charge in [0.25, 0.3) is 11.8 Å². The molecule has 0 atom stereocenters. The van der Waals surface area contributed by atoms with Crippen molar-refractivity contribution < 1.29 is 14.4 Å². The molecule has 6 nitrogen and oxygen atoms in total. The Hall–Kier alpha value is -3.15. The summed E-state index contributed by atoms with van der Waals surface area (Å²) in [5.74, 6) is -0.384. The normalized spacial score (nSPS) is 13.3. The summed E-state index contributed by atoms with van der Waals surface area (Å²) in [6.07, 6.45) is 2.10. The first-order valence-corrected chi connectivity index (χ1v) is 8.61. The number of hydrogen-bond acceptors (Lipinski definition) is 3. The number of nitrogens with one attached hydrogen (secondary N) is 2. The Morgan fingerprint density at radius 3 is 1.81 bits per heavy atom. The molecule has 1 fully saturated rings. The summed E-state index contributed by atoms with van der Waals surface area (Å²) >= 11 is 0. The lowest BCUT2D eigenvalue weighted by molar-refractivity contribution is -0.114. The number of anilines is 2. The minimum Gasteiger partial charge on any atom is -0.339 e. The zero-order valence-electron chi connectivity index (χ0n) is 14.6. The third kappa shape index (κ3) is 4.27. The zero-order chi connectivity index (χ0) is 18.5. The smallest absolute Gasteiger partial charge is 0.255 e. The monoisotopic (exact) mass is 351 g/mol. The average Bonchev–Trinajstić information content (AvgIpc) is 3.17. The lowest BCUT2D eigenvalue weighted by Gasteiger charge is -2.15. The van der Waals surface area contributed by atoms with Crippen molar-refractivity contribution in [2.24, 2.45) is 0 Å². The minimum atomic E-state index is -0.252. The van der Waals surface area contributed by atoms with Crippen LogP contribution in [0.15, 0.2) is 48.5 Å². The average molecular weight is 351 g/mol. The van der Waals surface area contributed by atoms with E-state index in [1.807, 2.05) is 4.90 Å². The molecule has 1 aliphatic rings. The molecular formula is C20H21N3O3. The molecule has 6 heteroatoms. The first-order valence-electron chi connectivity index (χ1n) is 8.61. The van der Waals surface area contributed by atoms with Crippen molar-refractivity contribution >= 4 is 29.1 Å².